The molecule has 1 aliphatic rings. The maximum atomic E-state index is 2.49. The number of benzene rings is 2. The number of nitrogens with zero attached hydrogens (tertiary/aromatic N) is 6. The summed E-state index contributed by atoms with van der Waals surface area (Å²) in [6, 6.07) is 17.5. The van der Waals surface area contributed by atoms with Gasteiger partial charge in [0.05, 0.1) is 0 Å². The molecule has 1 fully saturated rings. The fourth-order valence-corrected chi connectivity index (χ4v) is 5.11. The van der Waals surface area contributed by atoms with Gasteiger partial charge in [-0.25, -0.2) is 0 Å². The van der Waals surface area contributed by atoms with E-state index >= 15 is 0 Å². The van der Waals surface area contributed by atoms with E-state index < -0.39 is 0 Å². The summed E-state index contributed by atoms with van der Waals surface area (Å²) in [6.45, 7) is 0.320. The molecule has 30 heavy (non-hydrogen) atoms. The van der Waals surface area contributed by atoms with E-state index in [-0.39, 0.29) is 13.7 Å². The number of hydrogen-bond acceptors (Lipinski definition) is 6. The first-order chi connectivity index (χ1) is 14.1. The van der Waals surface area contributed by atoms with E-state index in [0.29, 0.717) is 0 Å². The third kappa shape index (κ3) is 4.32. The van der Waals surface area contributed by atoms with Gasteiger partial charge in [0.2, 0.25) is 0 Å². The van der Waals surface area contributed by atoms with Crippen molar-refractivity contribution in [2.45, 2.75) is 0 Å². The van der Waals surface area contributed by atoms with Gasteiger partial charge in [-0.2, -0.15) is 0 Å². The Balaban J connectivity index is 2.14. The molecule has 2 aromatic rings. The topological polar surface area (TPSA) is 19.4 Å². The van der Waals surface area contributed by atoms with Crippen LogP contribution in [0, 0.1) is 0 Å². The van der Waals surface area contributed by atoms with Crippen LogP contribution in [0.25, 0.3) is 0 Å². The zero-order chi connectivity index (χ0) is 22.2. The quantitative estimate of drug-likeness (QED) is 0.480. The molecule has 162 valence electrons. The summed E-state index contributed by atoms with van der Waals surface area (Å²) < 4.78 is 1.19. The standard InChI is InChI=1S/C21H32B2N6.Pt/c1-24(2)18-11-9-13-20(15-18)28-17-29(23(27(7)8)22(28)26(5)6)21-14-10-12-19(16-21)25(3)4;/h9-16H,1-8H3;. The van der Waals surface area contributed by atoms with Crippen molar-refractivity contribution in [1.29, 1.82) is 0 Å². The van der Waals surface area contributed by atoms with Crippen molar-refractivity contribution in [2.24, 2.45) is 0 Å². The summed E-state index contributed by atoms with van der Waals surface area (Å²) in [5.41, 5.74) is 4.79. The predicted molar refractivity (Wildman–Crippen MR) is 130 cm³/mol. The Hall–Kier alpha value is -1.75. The Morgan fingerprint density at radius 1 is 0.633 bits per heavy atom. The molecular weight excluding hydrogens is 553 g/mol. The third-order valence-electron chi connectivity index (χ3n) is 5.47. The Bertz CT molecular complexity index is 833. The molecule has 6 nitrogen and oxygen atoms in total. The summed E-state index contributed by atoms with van der Waals surface area (Å²) in [7, 11) is 17.0. The van der Waals surface area contributed by atoms with E-state index in [9.17, 15) is 0 Å². The molecule has 0 unspecified atom stereocenters. The van der Waals surface area contributed by atoms with Gasteiger partial charge in [-0.05, 0) is 0 Å². The van der Waals surface area contributed by atoms with Crippen LogP contribution in [-0.4, -0.2) is 83.9 Å². The minimum atomic E-state index is 0.160. The SMILES string of the molecule is CN(C)B1B(N(C)C)N(c2cccc(N(C)C)c2)[C](=[Pt])N1c1cccc(N(C)C)c1. The zero-order valence-corrected chi connectivity index (χ0v) is 21.5. The molecule has 0 aliphatic carbocycles. The zero-order valence-electron chi connectivity index (χ0n) is 19.3. The van der Waals surface area contributed by atoms with Gasteiger partial charge in [0.15, 0.2) is 0 Å². The van der Waals surface area contributed by atoms with Crippen molar-refractivity contribution in [2.75, 3.05) is 75.8 Å². The number of rotatable bonds is 6. The van der Waals surface area contributed by atoms with Crippen molar-refractivity contribution in [1.82, 2.24) is 9.62 Å². The maximum absolute atomic E-state index is 2.49. The molecular formula is C21H32B2N6Pt. The Labute approximate surface area is 193 Å². The molecule has 3 rings (SSSR count). The molecule has 9 heteroatoms. The Morgan fingerprint density at radius 3 is 1.30 bits per heavy atom. The second-order valence-electron chi connectivity index (χ2n) is 8.56. The summed E-state index contributed by atoms with van der Waals surface area (Å²) in [5, 5.41) is 0. The van der Waals surface area contributed by atoms with Gasteiger partial charge < -0.3 is 0 Å². The summed E-state index contributed by atoms with van der Waals surface area (Å²) >= 11 is 2.49. The van der Waals surface area contributed by atoms with Crippen LogP contribution in [0.3, 0.4) is 0 Å². The van der Waals surface area contributed by atoms with Gasteiger partial charge in [-0.1, -0.05) is 0 Å². The average molecular weight is 585 g/mol. The first-order valence-corrected chi connectivity index (χ1v) is 11.2. The first-order valence-electron chi connectivity index (χ1n) is 10.1. The van der Waals surface area contributed by atoms with Crippen LogP contribution in [0.1, 0.15) is 0 Å². The van der Waals surface area contributed by atoms with Gasteiger partial charge in [0, 0.05) is 0 Å². The van der Waals surface area contributed by atoms with Crippen LogP contribution >= 0.6 is 0 Å². The van der Waals surface area contributed by atoms with Gasteiger partial charge in [0.25, 0.3) is 0 Å². The van der Waals surface area contributed by atoms with Crippen LogP contribution in [0.4, 0.5) is 22.7 Å². The molecule has 2 aromatic carbocycles. The normalized spacial score (nSPS) is 14.5. The van der Waals surface area contributed by atoms with Crippen LogP contribution < -0.4 is 19.4 Å². The van der Waals surface area contributed by atoms with Crippen LogP contribution in [-0.2, 0) is 19.4 Å². The molecule has 0 bridgehead atoms. The third-order valence-corrected chi connectivity index (χ3v) is 6.57. The second-order valence-corrected chi connectivity index (χ2v) is 9.58. The van der Waals surface area contributed by atoms with Crippen molar-refractivity contribution in [3.05, 3.63) is 48.5 Å². The van der Waals surface area contributed by atoms with Crippen LogP contribution in [0.2, 0.25) is 0 Å². The summed E-state index contributed by atoms with van der Waals surface area (Å²) in [6.07, 6.45) is 0. The van der Waals surface area contributed by atoms with Gasteiger partial charge in [0.1, 0.15) is 0 Å². The summed E-state index contributed by atoms with van der Waals surface area (Å²) in [4.78, 5) is 13.8. The predicted octanol–water partition coefficient (Wildman–Crippen LogP) is 1.96. The van der Waals surface area contributed by atoms with Crippen molar-refractivity contribution >= 4 is 40.6 Å². The van der Waals surface area contributed by atoms with E-state index in [1.54, 1.807) is 0 Å². The van der Waals surface area contributed by atoms with E-state index in [1.165, 1.54) is 26.9 Å². The molecule has 0 atom stereocenters. The molecule has 0 aromatic heterocycles. The monoisotopic (exact) mass is 585 g/mol. The molecule has 1 saturated heterocycles. The van der Waals surface area contributed by atoms with E-state index in [4.69, 9.17) is 0 Å². The molecule has 0 saturated carbocycles. The van der Waals surface area contributed by atoms with Crippen LogP contribution in [0.15, 0.2) is 48.5 Å². The Kier molecular flexibility index (Phi) is 7.01. The van der Waals surface area contributed by atoms with E-state index in [1.807, 2.05) is 0 Å². The molecule has 0 amide bonds. The van der Waals surface area contributed by atoms with Gasteiger partial charge in [-0.15, -0.1) is 0 Å². The number of anilines is 4. The van der Waals surface area contributed by atoms with Crippen LogP contribution in [0.5, 0.6) is 0 Å². The fourth-order valence-electron chi connectivity index (χ4n) is 3.92. The van der Waals surface area contributed by atoms with Crippen molar-refractivity contribution < 1.29 is 19.4 Å². The Morgan fingerprint density at radius 2 is 1.00 bits per heavy atom. The van der Waals surface area contributed by atoms with Crippen molar-refractivity contribution in [3.63, 3.8) is 0 Å². The van der Waals surface area contributed by atoms with E-state index in [2.05, 4.69) is 153 Å². The van der Waals surface area contributed by atoms with Crippen molar-refractivity contribution in [3.8, 4) is 0 Å². The average Bonchev–Trinajstić information content (AvgIpc) is 3.01. The molecule has 0 N–H and O–H groups in total. The molecule has 1 heterocycles. The van der Waals surface area contributed by atoms with E-state index in [0.717, 1.165) is 0 Å². The van der Waals surface area contributed by atoms with Gasteiger partial charge >= 0.3 is 194 Å². The fraction of sp³-hybridized carbons (Fsp3) is 0.381. The molecule has 1 aliphatic heterocycles. The first kappa shape index (κ1) is 22.9. The summed E-state index contributed by atoms with van der Waals surface area (Å²) in [5.74, 6) is 0. The second kappa shape index (κ2) is 9.17. The minimum absolute atomic E-state index is 0.160. The molecule has 0 radical (unpaired) electrons. The number of hydrogen-bond donors (Lipinski definition) is 0. The molecule has 0 spiro atoms. The van der Waals surface area contributed by atoms with Gasteiger partial charge in [-0.3, -0.25) is 0 Å².